The van der Waals surface area contributed by atoms with Crippen molar-refractivity contribution >= 4 is 23.5 Å². The molecule has 0 spiro atoms. The van der Waals surface area contributed by atoms with Gasteiger partial charge >= 0.3 is 5.97 Å². The quantitative estimate of drug-likeness (QED) is 0.751. The van der Waals surface area contributed by atoms with Crippen molar-refractivity contribution in [2.75, 3.05) is 5.32 Å². The number of para-hydroxylation sites is 2. The molecule has 2 unspecified atom stereocenters. The van der Waals surface area contributed by atoms with Crippen LogP contribution in [-0.2, 0) is 14.4 Å². The van der Waals surface area contributed by atoms with Crippen LogP contribution in [0.25, 0.3) is 0 Å². The van der Waals surface area contributed by atoms with Gasteiger partial charge in [-0.2, -0.15) is 0 Å². The van der Waals surface area contributed by atoms with Crippen molar-refractivity contribution in [2.45, 2.75) is 32.4 Å². The van der Waals surface area contributed by atoms with Crippen molar-refractivity contribution in [3.8, 4) is 5.75 Å². The van der Waals surface area contributed by atoms with E-state index in [0.29, 0.717) is 17.0 Å². The molecule has 3 N–H and O–H groups in total. The molecule has 7 heteroatoms. The predicted molar refractivity (Wildman–Crippen MR) is 98.5 cm³/mol. The summed E-state index contributed by atoms with van der Waals surface area (Å²) in [7, 11) is 0. The number of benzene rings is 2. The maximum absolute atomic E-state index is 12.4. The molecule has 1 aliphatic rings. The van der Waals surface area contributed by atoms with E-state index in [1.54, 1.807) is 36.4 Å². The summed E-state index contributed by atoms with van der Waals surface area (Å²) in [5, 5.41) is 14.7. The Bertz CT molecular complexity index is 889. The van der Waals surface area contributed by atoms with Crippen LogP contribution < -0.4 is 15.4 Å². The molecule has 27 heavy (non-hydrogen) atoms. The minimum atomic E-state index is -1.20. The normalized spacial score (nSPS) is 16.5. The van der Waals surface area contributed by atoms with Crippen LogP contribution in [0.15, 0.2) is 42.5 Å². The molecule has 0 bridgehead atoms. The summed E-state index contributed by atoms with van der Waals surface area (Å²) in [5.74, 6) is -1.73. The van der Waals surface area contributed by atoms with E-state index in [-0.39, 0.29) is 6.42 Å². The molecule has 0 saturated heterocycles. The number of carbonyl (C=O) groups is 3. The summed E-state index contributed by atoms with van der Waals surface area (Å²) in [6.07, 6.45) is -1.30. The average molecular weight is 368 g/mol. The maximum Gasteiger partial charge on any atom is 0.330 e. The molecule has 3 rings (SSSR count). The molecule has 1 aliphatic heterocycles. The lowest BCUT2D eigenvalue weighted by molar-refractivity contribution is -0.142. The molecular weight excluding hydrogens is 348 g/mol. The van der Waals surface area contributed by atoms with E-state index in [1.165, 1.54) is 0 Å². The van der Waals surface area contributed by atoms with Gasteiger partial charge in [-0.3, -0.25) is 9.59 Å². The van der Waals surface area contributed by atoms with Gasteiger partial charge in [0.2, 0.25) is 5.91 Å². The molecule has 0 fully saturated rings. The van der Waals surface area contributed by atoms with E-state index in [4.69, 9.17) is 4.74 Å². The number of anilines is 1. The van der Waals surface area contributed by atoms with Crippen molar-refractivity contribution < 1.29 is 24.2 Å². The Balaban J connectivity index is 1.72. The number of nitrogens with one attached hydrogen (secondary N) is 2. The van der Waals surface area contributed by atoms with Crippen molar-refractivity contribution in [3.63, 3.8) is 0 Å². The van der Waals surface area contributed by atoms with Gasteiger partial charge in [0.25, 0.3) is 5.91 Å². The molecule has 7 nitrogen and oxygen atoms in total. The van der Waals surface area contributed by atoms with Gasteiger partial charge in [-0.15, -0.1) is 0 Å². The molecule has 2 aromatic rings. The van der Waals surface area contributed by atoms with Gasteiger partial charge < -0.3 is 20.5 Å². The van der Waals surface area contributed by atoms with Gasteiger partial charge in [0.05, 0.1) is 12.1 Å². The number of hydrogen-bond acceptors (Lipinski definition) is 4. The number of aryl methyl sites for hydroxylation is 2. The van der Waals surface area contributed by atoms with Crippen molar-refractivity contribution in [3.05, 3.63) is 59.2 Å². The first-order valence-corrected chi connectivity index (χ1v) is 8.50. The SMILES string of the molecule is Cc1cc(C)cc(C(NC(=O)CC2Oc3ccccc3NC2=O)C(=O)O)c1. The van der Waals surface area contributed by atoms with Crippen LogP contribution in [0.1, 0.15) is 29.2 Å². The topological polar surface area (TPSA) is 105 Å². The molecule has 0 saturated carbocycles. The highest BCUT2D eigenvalue weighted by molar-refractivity contribution is 6.00. The summed E-state index contributed by atoms with van der Waals surface area (Å²) in [6.45, 7) is 3.71. The summed E-state index contributed by atoms with van der Waals surface area (Å²) >= 11 is 0. The van der Waals surface area contributed by atoms with Crippen LogP contribution in [0, 0.1) is 13.8 Å². The Morgan fingerprint density at radius 1 is 1.19 bits per heavy atom. The third-order valence-electron chi connectivity index (χ3n) is 4.21. The number of carboxylic acids is 1. The van der Waals surface area contributed by atoms with Crippen LogP contribution in [0.2, 0.25) is 0 Å². The first-order valence-electron chi connectivity index (χ1n) is 8.50. The second-order valence-electron chi connectivity index (χ2n) is 6.56. The lowest BCUT2D eigenvalue weighted by Gasteiger charge is -2.26. The van der Waals surface area contributed by atoms with Crippen LogP contribution in [0.4, 0.5) is 5.69 Å². The Labute approximate surface area is 156 Å². The second kappa shape index (κ2) is 7.49. The minimum absolute atomic E-state index is 0.283. The number of ether oxygens (including phenoxy) is 1. The largest absolute Gasteiger partial charge is 0.479 e. The highest BCUT2D eigenvalue weighted by atomic mass is 16.5. The molecule has 0 aromatic heterocycles. The van der Waals surface area contributed by atoms with Gasteiger partial charge in [0, 0.05) is 0 Å². The molecule has 0 radical (unpaired) electrons. The molecule has 1 heterocycles. The Kier molecular flexibility index (Phi) is 5.12. The highest BCUT2D eigenvalue weighted by Gasteiger charge is 2.31. The lowest BCUT2D eigenvalue weighted by Crippen LogP contribution is -2.42. The number of carboxylic acid groups (broad SMARTS) is 1. The van der Waals surface area contributed by atoms with E-state index < -0.39 is 29.9 Å². The summed E-state index contributed by atoms with van der Waals surface area (Å²) in [6, 6.07) is 11.1. The zero-order valence-electron chi connectivity index (χ0n) is 15.0. The van der Waals surface area contributed by atoms with Crippen LogP contribution in [0.5, 0.6) is 5.75 Å². The number of hydrogen-bond donors (Lipinski definition) is 3. The molecule has 0 aliphatic carbocycles. The first-order chi connectivity index (χ1) is 12.8. The zero-order chi connectivity index (χ0) is 19.6. The lowest BCUT2D eigenvalue weighted by atomic mass is 10.0. The molecule has 140 valence electrons. The monoisotopic (exact) mass is 368 g/mol. The molecule has 2 atom stereocenters. The number of fused-ring (bicyclic) bond motifs is 1. The number of amides is 2. The Morgan fingerprint density at radius 2 is 1.85 bits per heavy atom. The van der Waals surface area contributed by atoms with Gasteiger partial charge in [0.1, 0.15) is 5.75 Å². The van der Waals surface area contributed by atoms with Crippen LogP contribution in [-0.4, -0.2) is 29.0 Å². The van der Waals surface area contributed by atoms with E-state index in [2.05, 4.69) is 10.6 Å². The predicted octanol–water partition coefficient (Wildman–Crippen LogP) is 2.34. The van der Waals surface area contributed by atoms with Gasteiger partial charge in [-0.1, -0.05) is 41.5 Å². The van der Waals surface area contributed by atoms with Crippen molar-refractivity contribution in [1.82, 2.24) is 5.32 Å². The fourth-order valence-electron chi connectivity index (χ4n) is 3.08. The fourth-order valence-corrected chi connectivity index (χ4v) is 3.08. The van der Waals surface area contributed by atoms with Crippen LogP contribution in [0.3, 0.4) is 0 Å². The van der Waals surface area contributed by atoms with Gasteiger partial charge in [-0.25, -0.2) is 4.79 Å². The molecular formula is C20H20N2O5. The van der Waals surface area contributed by atoms with E-state index in [9.17, 15) is 19.5 Å². The van der Waals surface area contributed by atoms with Crippen molar-refractivity contribution in [1.29, 1.82) is 0 Å². The Morgan fingerprint density at radius 3 is 2.52 bits per heavy atom. The second-order valence-corrected chi connectivity index (χ2v) is 6.56. The Hall–Kier alpha value is -3.35. The highest BCUT2D eigenvalue weighted by Crippen LogP contribution is 2.29. The zero-order valence-corrected chi connectivity index (χ0v) is 15.0. The third kappa shape index (κ3) is 4.25. The minimum Gasteiger partial charge on any atom is -0.479 e. The van der Waals surface area contributed by atoms with Crippen molar-refractivity contribution in [2.24, 2.45) is 0 Å². The standard InChI is InChI=1S/C20H20N2O5/c1-11-7-12(2)9-13(8-11)18(20(25)26)22-17(23)10-16-19(24)21-14-5-3-4-6-15(14)27-16/h3-9,16,18H,10H2,1-2H3,(H,21,24)(H,22,23)(H,25,26). The molecule has 2 amide bonds. The van der Waals surface area contributed by atoms with Gasteiger partial charge in [0.15, 0.2) is 12.1 Å². The van der Waals surface area contributed by atoms with Crippen LogP contribution >= 0.6 is 0 Å². The summed E-state index contributed by atoms with van der Waals surface area (Å²) < 4.78 is 5.58. The molecule has 2 aromatic carbocycles. The number of aliphatic carboxylic acids is 1. The number of carbonyl (C=O) groups excluding carboxylic acids is 2. The fraction of sp³-hybridized carbons (Fsp3) is 0.250. The van der Waals surface area contributed by atoms with E-state index >= 15 is 0 Å². The average Bonchev–Trinajstić information content (AvgIpc) is 2.59. The smallest absolute Gasteiger partial charge is 0.330 e. The first kappa shape index (κ1) is 18.4. The maximum atomic E-state index is 12.4. The summed E-state index contributed by atoms with van der Waals surface area (Å²) in [4.78, 5) is 36.2. The number of rotatable bonds is 5. The summed E-state index contributed by atoms with van der Waals surface area (Å²) in [5.41, 5.74) is 2.82. The van der Waals surface area contributed by atoms with Gasteiger partial charge in [-0.05, 0) is 31.5 Å². The van der Waals surface area contributed by atoms with E-state index in [0.717, 1.165) is 11.1 Å². The third-order valence-corrected chi connectivity index (χ3v) is 4.21. The van der Waals surface area contributed by atoms with E-state index in [1.807, 2.05) is 19.9 Å².